The van der Waals surface area contributed by atoms with Gasteiger partial charge in [0.15, 0.2) is 11.5 Å². The molecule has 5 aromatic heterocycles. The van der Waals surface area contributed by atoms with Crippen molar-refractivity contribution in [1.82, 2.24) is 39.4 Å². The van der Waals surface area contributed by atoms with Crippen LogP contribution < -0.4 is 39.1 Å². The average Bonchev–Trinajstić information content (AvgIpc) is 0.855. The third-order valence-electron chi connectivity index (χ3n) is 20.9. The Kier molecular flexibility index (Phi) is 31.8. The van der Waals surface area contributed by atoms with Gasteiger partial charge in [0, 0.05) is 144 Å². The molecule has 10 heterocycles. The highest BCUT2D eigenvalue weighted by molar-refractivity contribution is 7.81. The molecule has 0 spiro atoms. The topological polar surface area (TPSA) is 447 Å². The Bertz CT molecular complexity index is 6180. The first-order valence-electron chi connectivity index (χ1n) is 40.1. The zero-order chi connectivity index (χ0) is 88.3. The predicted molar refractivity (Wildman–Crippen MR) is 497 cm³/mol. The van der Waals surface area contributed by atoms with E-state index >= 15 is 0 Å². The van der Waals surface area contributed by atoms with Crippen molar-refractivity contribution in [2.45, 2.75) is 97.6 Å². The number of rotatable bonds is 13. The molecule has 14 N–H and O–H groups in total. The number of benzene rings is 8. The van der Waals surface area contributed by atoms with Gasteiger partial charge in [0.2, 0.25) is 11.8 Å². The van der Waals surface area contributed by atoms with E-state index in [9.17, 15) is 34.4 Å². The number of oxime groups is 1. The van der Waals surface area contributed by atoms with Crippen molar-refractivity contribution >= 4 is 149 Å². The second-order valence-electron chi connectivity index (χ2n) is 29.6. The van der Waals surface area contributed by atoms with Gasteiger partial charge in [0.05, 0.1) is 44.5 Å². The summed E-state index contributed by atoms with van der Waals surface area (Å²) in [5.74, 6) is 1.68. The van der Waals surface area contributed by atoms with Crippen molar-refractivity contribution in [1.29, 1.82) is 5.41 Å². The van der Waals surface area contributed by atoms with Gasteiger partial charge in [0.25, 0.3) is 17.2 Å². The van der Waals surface area contributed by atoms with E-state index in [-0.39, 0.29) is 63.8 Å². The van der Waals surface area contributed by atoms with Crippen molar-refractivity contribution in [2.24, 2.45) is 26.8 Å². The number of nitrogens with zero attached hydrogens (tertiary/aromatic N) is 12. The molecule has 2 saturated heterocycles. The highest BCUT2D eigenvalue weighted by Crippen LogP contribution is 2.42. The number of primary amides is 1. The number of thiol groups is 1. The van der Waals surface area contributed by atoms with E-state index in [4.69, 9.17) is 50.3 Å². The number of carbonyl (C=O) groups excluding carboxylic acids is 3. The van der Waals surface area contributed by atoms with Crippen LogP contribution in [0, 0.1) is 42.2 Å². The van der Waals surface area contributed by atoms with Crippen LogP contribution in [0.3, 0.4) is 0 Å². The number of anilines is 6. The summed E-state index contributed by atoms with van der Waals surface area (Å²) < 4.78 is 2.05. The van der Waals surface area contributed by atoms with E-state index in [0.717, 1.165) is 105 Å². The lowest BCUT2D eigenvalue weighted by atomic mass is 9.75. The number of fused-ring (bicyclic) bond motifs is 11. The van der Waals surface area contributed by atoms with Gasteiger partial charge in [-0.2, -0.15) is 17.6 Å². The van der Waals surface area contributed by atoms with Crippen LogP contribution in [0.5, 0.6) is 11.5 Å². The van der Waals surface area contributed by atoms with Gasteiger partial charge in [-0.15, -0.1) is 0 Å². The number of para-hydroxylation sites is 2. The van der Waals surface area contributed by atoms with Crippen LogP contribution in [0.2, 0.25) is 5.15 Å². The zero-order valence-electron chi connectivity index (χ0n) is 68.8. The Hall–Kier alpha value is -14.4. The van der Waals surface area contributed by atoms with Gasteiger partial charge >= 0.3 is 5.91 Å². The molecule has 0 unspecified atom stereocenters. The number of hydrogen-bond acceptors (Lipinski definition) is 25. The molecule has 124 heavy (non-hydrogen) atoms. The second kappa shape index (κ2) is 43.7. The van der Waals surface area contributed by atoms with Crippen LogP contribution in [0.15, 0.2) is 257 Å². The number of piperidine rings is 2. The number of ketones is 1. The van der Waals surface area contributed by atoms with E-state index in [2.05, 4.69) is 118 Å². The molecule has 5 aliphatic rings. The second-order valence-corrected chi connectivity index (χ2v) is 30.3. The van der Waals surface area contributed by atoms with E-state index in [1.54, 1.807) is 79.3 Å². The molecule has 2 bridgehead atoms. The molecular weight excluding hydrogens is 1610 g/mol. The predicted octanol–water partition coefficient (Wildman–Crippen LogP) is 17.2. The minimum Gasteiger partial charge on any atom is -0.508 e. The minimum atomic E-state index is -0.669. The molecule has 3 atom stereocenters. The number of non-ortho nitro benzene ring substituents is 1. The molecule has 2 amide bonds. The third kappa shape index (κ3) is 24.4. The van der Waals surface area contributed by atoms with Gasteiger partial charge < -0.3 is 59.0 Å². The standard InChI is InChI=1S/C15H20N2O.C14H11NO2.C13H10N2.C12H11N3O3.C11H9N3O2.C11H13NS.C10H9N3O.C8H13ClN4/c18-15-6-3-5-14-11-8-12(10-17(14)15)13-4-1-2-7-16(13)9-11;16-13-6-2-1-5-12(13)14(17)8-7-11-4-3-9-15-10-11;14-13-7-9-5-6-15-8-12(9)10-3-1-2-4-11(10)13;13-11-7-9(15(17)18)3-6-12(11)14-8-1-4-10(16)5-2-8;12-8-6-9(7-4-2-1-3-5-7)13-11(15)10(8)14-16;1-7-3-9-5-10(6-13)12-11(9)4-8(7)2;1-6-7-4-2-3-5-8(7)13-10(12-6)9(11)14;1-2-3-4-11-7-5-6(9)12-8(10)13-7/h3,5-6,11-13H,1-2,4,7-10H2;1-10,16H;1-8H,14H2;1-7,14,16H,13H2;1-5,12,16H,6H2;3-4,13H,5-6H2,1-2H3;2-5H,1H3,(H2,11,14);5H,2-4H2,1H3,(H3,10,11,12,13)/b;8-7+;;;;;;/t11-,12-,13+;;;;;;;/m1......./s1. The maximum atomic E-state index is 12.0. The lowest BCUT2D eigenvalue weighted by molar-refractivity contribution is -0.384. The molecular formula is C94H96ClN19O9S. The summed E-state index contributed by atoms with van der Waals surface area (Å²) in [7, 11) is 0. The summed E-state index contributed by atoms with van der Waals surface area (Å²) in [5.41, 5.74) is 36.2. The SMILES string of the molecule is CCCCNc1cc(Cl)nc(N)n1.Cc1cc2c(cc1C)N=C(CS)C2.Cc1nc(C(N)=O)nc2ccccc12.N=C1CC(c2ccccc2)=NC(=O)C1=NO.Nc1cc([N+](=O)[O-])ccc1Nc1ccc(O)cc1.Nc1cc2ccncc2c2ccccc12.O=C(/C=C/c1cccnc1)c1ccccc1O.O=c1cccc2n1C[C@H]1C[C@@H]2CN2CCCC[C@@H]12. The number of allylic oxidation sites excluding steroid dienone is 1. The molecule has 0 saturated carbocycles. The number of hydrogen-bond donors (Lipinski definition) is 11. The zero-order valence-corrected chi connectivity index (χ0v) is 70.5. The molecule has 2 fully saturated rings. The average molecular weight is 1700 g/mol. The molecule has 28 nitrogen and oxygen atoms in total. The third-order valence-corrected chi connectivity index (χ3v) is 21.5. The number of aromatic hydroxyl groups is 2. The van der Waals surface area contributed by atoms with Crippen LogP contribution in [0.25, 0.3) is 38.5 Å². The van der Waals surface area contributed by atoms with Gasteiger partial charge in [-0.05, 0) is 189 Å². The number of aromatic nitrogens is 7. The van der Waals surface area contributed by atoms with Crippen LogP contribution in [0.1, 0.15) is 118 Å². The molecule has 0 aliphatic carbocycles. The lowest BCUT2D eigenvalue weighted by Gasteiger charge is -2.50. The van der Waals surface area contributed by atoms with Crippen molar-refractivity contribution in [3.63, 3.8) is 0 Å². The Balaban J connectivity index is 0.000000138. The van der Waals surface area contributed by atoms with E-state index in [0.29, 0.717) is 39.8 Å². The minimum absolute atomic E-state index is 0.00617. The van der Waals surface area contributed by atoms with Crippen LogP contribution in [-0.2, 0) is 17.8 Å². The van der Waals surface area contributed by atoms with E-state index in [1.165, 1.54) is 109 Å². The van der Waals surface area contributed by atoms with E-state index in [1.807, 2.05) is 115 Å². The Labute approximate surface area is 726 Å². The summed E-state index contributed by atoms with van der Waals surface area (Å²) in [6.07, 6.45) is 18.9. The largest absolute Gasteiger partial charge is 0.508 e. The number of halogens is 1. The van der Waals surface area contributed by atoms with Crippen LogP contribution >= 0.6 is 24.2 Å². The van der Waals surface area contributed by atoms with Crippen molar-refractivity contribution in [3.05, 3.63) is 313 Å². The number of nitrogen functional groups attached to an aromatic ring is 3. The molecule has 13 aromatic rings. The first kappa shape index (κ1) is 90.3. The number of carbonyl (C=O) groups is 3. The number of nitrogens with one attached hydrogen (secondary N) is 3. The van der Waals surface area contributed by atoms with Crippen molar-refractivity contribution in [2.75, 3.05) is 53.2 Å². The number of unbranched alkanes of at least 4 members (excludes halogenated alkanes) is 1. The number of nitrogens with two attached hydrogens (primary N) is 4. The summed E-state index contributed by atoms with van der Waals surface area (Å²) in [4.78, 5) is 91.0. The van der Waals surface area contributed by atoms with Crippen molar-refractivity contribution < 1.29 is 34.7 Å². The lowest BCUT2D eigenvalue weighted by Crippen LogP contribution is -2.54. The Morgan fingerprint density at radius 2 is 1.46 bits per heavy atom. The molecule has 0 radical (unpaired) electrons. The number of aryl methyl sites for hydroxylation is 3. The number of nitro groups is 1. The number of amides is 2. The van der Waals surface area contributed by atoms with Crippen molar-refractivity contribution in [3.8, 4) is 11.5 Å². The monoisotopic (exact) mass is 1700 g/mol. The van der Waals surface area contributed by atoms with Crippen LogP contribution in [0.4, 0.5) is 45.9 Å². The normalized spacial score (nSPS) is 15.4. The Morgan fingerprint density at radius 3 is 2.16 bits per heavy atom. The van der Waals surface area contributed by atoms with Crippen LogP contribution in [-0.4, -0.2) is 132 Å². The van der Waals surface area contributed by atoms with Gasteiger partial charge in [-0.25, -0.2) is 19.9 Å². The van der Waals surface area contributed by atoms with E-state index < -0.39 is 16.7 Å². The number of pyridine rings is 3. The smallest absolute Gasteiger partial charge is 0.301 e. The van der Waals surface area contributed by atoms with Gasteiger partial charge in [-0.3, -0.25) is 49.2 Å². The molecule has 30 heteroatoms. The summed E-state index contributed by atoms with van der Waals surface area (Å²) in [6, 6.07) is 62.2. The molecule has 634 valence electrons. The molecule has 8 aromatic carbocycles. The quantitative estimate of drug-likeness (QED) is 0.00436. The number of nitro benzene ring substituents is 1. The maximum absolute atomic E-state index is 12.0. The fourth-order valence-corrected chi connectivity index (χ4v) is 15.0. The first-order valence-corrected chi connectivity index (χ1v) is 41.1. The summed E-state index contributed by atoms with van der Waals surface area (Å²) in [6.45, 7) is 12.5. The number of aliphatic imine (C=N–C) groups is 2. The highest BCUT2D eigenvalue weighted by Gasteiger charge is 2.42. The number of phenolic OH excluding ortho intramolecular Hbond substituents is 2. The fraction of sp³-hybridized carbons (Fsp3) is 0.213. The first-order chi connectivity index (χ1) is 59.8. The molecule has 5 aliphatic heterocycles. The maximum Gasteiger partial charge on any atom is 0.301 e. The summed E-state index contributed by atoms with van der Waals surface area (Å²) in [5, 5.41) is 60.1. The number of phenols is 2. The Morgan fingerprint density at radius 1 is 0.734 bits per heavy atom. The highest BCUT2D eigenvalue weighted by atomic mass is 35.5. The van der Waals surface area contributed by atoms with Gasteiger partial charge in [-0.1, -0.05) is 140 Å². The summed E-state index contributed by atoms with van der Waals surface area (Å²) >= 11 is 9.93. The van der Waals surface area contributed by atoms with Gasteiger partial charge in [0.1, 0.15) is 22.5 Å². The molecule has 18 rings (SSSR count). The fourth-order valence-electron chi connectivity index (χ4n) is 14.6.